The molecule has 82 valence electrons. The van der Waals surface area contributed by atoms with E-state index in [0.29, 0.717) is 19.3 Å². The first-order valence-corrected chi connectivity index (χ1v) is 5.25. The number of hydrogen-bond donors (Lipinski definition) is 3. The largest absolute Gasteiger partial charge is 0.396 e. The maximum Gasteiger partial charge on any atom is 0.220 e. The van der Waals surface area contributed by atoms with Crippen LogP contribution in [0.4, 0.5) is 0 Å². The predicted molar refractivity (Wildman–Crippen MR) is 52.7 cm³/mol. The van der Waals surface area contributed by atoms with Gasteiger partial charge >= 0.3 is 0 Å². The molecular weight excluding hydrogens is 182 g/mol. The molecule has 0 heterocycles. The Bertz CT molecular complexity index is 196. The molecular formula is C10H19NO3. The predicted octanol–water partition coefficient (Wildman–Crippen LogP) is 0.0345. The summed E-state index contributed by atoms with van der Waals surface area (Å²) in [5, 5.41) is 21.3. The van der Waals surface area contributed by atoms with Crippen LogP contribution >= 0.6 is 0 Å². The molecule has 3 atom stereocenters. The Labute approximate surface area is 84.3 Å². The summed E-state index contributed by atoms with van der Waals surface area (Å²) in [5.74, 6) is -0.0229. The van der Waals surface area contributed by atoms with Crippen LogP contribution in [0.1, 0.15) is 32.6 Å². The van der Waals surface area contributed by atoms with Gasteiger partial charge in [0.25, 0.3) is 0 Å². The first kappa shape index (κ1) is 11.5. The molecule has 4 heteroatoms. The third kappa shape index (κ3) is 2.96. The molecule has 1 saturated carbocycles. The molecule has 14 heavy (non-hydrogen) atoms. The zero-order valence-electron chi connectivity index (χ0n) is 8.57. The van der Waals surface area contributed by atoms with Crippen molar-refractivity contribution in [2.75, 3.05) is 6.61 Å². The van der Waals surface area contributed by atoms with Crippen LogP contribution in [0, 0.1) is 5.92 Å². The molecule has 1 amide bonds. The van der Waals surface area contributed by atoms with Crippen molar-refractivity contribution >= 4 is 5.91 Å². The molecule has 0 unspecified atom stereocenters. The minimum Gasteiger partial charge on any atom is -0.396 e. The minimum absolute atomic E-state index is 0.00130. The van der Waals surface area contributed by atoms with E-state index in [9.17, 15) is 9.90 Å². The van der Waals surface area contributed by atoms with Crippen molar-refractivity contribution in [2.24, 2.45) is 5.92 Å². The van der Waals surface area contributed by atoms with Crippen molar-refractivity contribution in [2.45, 2.75) is 44.8 Å². The lowest BCUT2D eigenvalue weighted by atomic mass is 10.1. The van der Waals surface area contributed by atoms with E-state index in [1.807, 2.05) is 6.92 Å². The topological polar surface area (TPSA) is 69.6 Å². The summed E-state index contributed by atoms with van der Waals surface area (Å²) in [4.78, 5) is 11.2. The van der Waals surface area contributed by atoms with Gasteiger partial charge in [-0.15, -0.1) is 0 Å². The van der Waals surface area contributed by atoms with Crippen LogP contribution in [-0.2, 0) is 4.79 Å². The fourth-order valence-electron chi connectivity index (χ4n) is 1.94. The number of carbonyl (C=O) groups is 1. The number of rotatable bonds is 4. The lowest BCUT2D eigenvalue weighted by Gasteiger charge is -2.11. The van der Waals surface area contributed by atoms with Crippen LogP contribution in [0.2, 0.25) is 0 Å². The number of nitrogens with one attached hydrogen (secondary N) is 1. The zero-order valence-corrected chi connectivity index (χ0v) is 8.57. The number of amides is 1. The molecule has 1 rings (SSSR count). The molecule has 1 aliphatic rings. The smallest absolute Gasteiger partial charge is 0.220 e. The Morgan fingerprint density at radius 3 is 2.71 bits per heavy atom. The Hall–Kier alpha value is -0.610. The average Bonchev–Trinajstić information content (AvgIpc) is 2.46. The minimum atomic E-state index is -0.466. The highest BCUT2D eigenvalue weighted by Gasteiger charge is 2.32. The molecule has 0 aromatic rings. The SMILES string of the molecule is CCCC(=O)N[C@H]1C[C@@H](CO)[C@H](O)C1. The zero-order chi connectivity index (χ0) is 10.6. The molecule has 4 nitrogen and oxygen atoms in total. The lowest BCUT2D eigenvalue weighted by Crippen LogP contribution is -2.33. The highest BCUT2D eigenvalue weighted by atomic mass is 16.3. The summed E-state index contributed by atoms with van der Waals surface area (Å²) in [5.41, 5.74) is 0. The van der Waals surface area contributed by atoms with Gasteiger partial charge in [-0.1, -0.05) is 6.92 Å². The van der Waals surface area contributed by atoms with E-state index in [1.165, 1.54) is 0 Å². The number of aliphatic hydroxyl groups excluding tert-OH is 2. The summed E-state index contributed by atoms with van der Waals surface area (Å²) in [6, 6.07) is 0.0428. The van der Waals surface area contributed by atoms with E-state index < -0.39 is 6.10 Å². The Kier molecular flexibility index (Phi) is 4.35. The van der Waals surface area contributed by atoms with Gasteiger partial charge in [-0.05, 0) is 19.3 Å². The van der Waals surface area contributed by atoms with Crippen LogP contribution < -0.4 is 5.32 Å². The average molecular weight is 201 g/mol. The third-order valence-corrected chi connectivity index (χ3v) is 2.73. The van der Waals surface area contributed by atoms with E-state index >= 15 is 0 Å². The first-order valence-electron chi connectivity index (χ1n) is 5.25. The maximum atomic E-state index is 11.2. The van der Waals surface area contributed by atoms with Gasteiger partial charge in [-0.25, -0.2) is 0 Å². The maximum absolute atomic E-state index is 11.2. The van der Waals surface area contributed by atoms with E-state index in [4.69, 9.17) is 5.11 Å². The second-order valence-electron chi connectivity index (χ2n) is 4.00. The second kappa shape index (κ2) is 5.32. The number of carbonyl (C=O) groups excluding carboxylic acids is 1. The van der Waals surface area contributed by atoms with Crippen LogP contribution in [0.3, 0.4) is 0 Å². The summed E-state index contributed by atoms with van der Waals surface area (Å²) in [7, 11) is 0. The van der Waals surface area contributed by atoms with E-state index in [0.717, 1.165) is 6.42 Å². The number of hydrogen-bond acceptors (Lipinski definition) is 3. The standard InChI is InChI=1S/C10H19NO3/c1-2-3-10(14)11-8-4-7(6-12)9(13)5-8/h7-9,12-13H,2-6H2,1H3,(H,11,14)/t7-,8-,9+/m0/s1. The van der Waals surface area contributed by atoms with Crippen molar-refractivity contribution in [3.05, 3.63) is 0 Å². The van der Waals surface area contributed by atoms with E-state index in [-0.39, 0.29) is 24.5 Å². The van der Waals surface area contributed by atoms with E-state index in [2.05, 4.69) is 5.32 Å². The molecule has 0 aliphatic heterocycles. The summed E-state index contributed by atoms with van der Waals surface area (Å²) >= 11 is 0. The second-order valence-corrected chi connectivity index (χ2v) is 4.00. The first-order chi connectivity index (χ1) is 6.67. The van der Waals surface area contributed by atoms with Crippen LogP contribution in [0.25, 0.3) is 0 Å². The van der Waals surface area contributed by atoms with Gasteiger partial charge in [0.05, 0.1) is 6.10 Å². The fraction of sp³-hybridized carbons (Fsp3) is 0.900. The highest BCUT2D eigenvalue weighted by Crippen LogP contribution is 2.25. The van der Waals surface area contributed by atoms with Gasteiger partial charge < -0.3 is 15.5 Å². The highest BCUT2D eigenvalue weighted by molar-refractivity contribution is 5.76. The molecule has 0 spiro atoms. The monoisotopic (exact) mass is 201 g/mol. The molecule has 1 fully saturated rings. The Morgan fingerprint density at radius 2 is 2.21 bits per heavy atom. The van der Waals surface area contributed by atoms with Gasteiger partial charge in [-0.2, -0.15) is 0 Å². The van der Waals surface area contributed by atoms with Gasteiger partial charge in [0.2, 0.25) is 5.91 Å². The molecule has 0 bridgehead atoms. The van der Waals surface area contributed by atoms with Crippen molar-refractivity contribution in [3.8, 4) is 0 Å². The van der Waals surface area contributed by atoms with Crippen molar-refractivity contribution in [3.63, 3.8) is 0 Å². The Morgan fingerprint density at radius 1 is 1.50 bits per heavy atom. The summed E-state index contributed by atoms with van der Waals surface area (Å²) in [6.45, 7) is 1.96. The normalized spacial score (nSPS) is 31.8. The lowest BCUT2D eigenvalue weighted by molar-refractivity contribution is -0.121. The summed E-state index contributed by atoms with van der Waals surface area (Å²) in [6.07, 6.45) is 2.17. The summed E-state index contributed by atoms with van der Waals surface area (Å²) < 4.78 is 0. The quantitative estimate of drug-likeness (QED) is 0.601. The molecule has 0 aromatic heterocycles. The van der Waals surface area contributed by atoms with Gasteiger partial charge in [-0.3, -0.25) is 4.79 Å². The third-order valence-electron chi connectivity index (χ3n) is 2.73. The Balaban J connectivity index is 2.31. The fourth-order valence-corrected chi connectivity index (χ4v) is 1.94. The molecule has 0 radical (unpaired) electrons. The van der Waals surface area contributed by atoms with E-state index in [1.54, 1.807) is 0 Å². The van der Waals surface area contributed by atoms with Crippen LogP contribution in [-0.4, -0.2) is 34.9 Å². The van der Waals surface area contributed by atoms with Gasteiger partial charge in [0.1, 0.15) is 0 Å². The van der Waals surface area contributed by atoms with Crippen LogP contribution in [0.15, 0.2) is 0 Å². The van der Waals surface area contributed by atoms with Gasteiger partial charge in [0.15, 0.2) is 0 Å². The number of aliphatic hydroxyl groups is 2. The molecule has 0 aromatic carbocycles. The molecule has 0 saturated heterocycles. The molecule has 1 aliphatic carbocycles. The molecule has 3 N–H and O–H groups in total. The van der Waals surface area contributed by atoms with Gasteiger partial charge in [0, 0.05) is 25.0 Å². The van der Waals surface area contributed by atoms with Crippen LogP contribution in [0.5, 0.6) is 0 Å². The van der Waals surface area contributed by atoms with Crippen molar-refractivity contribution in [1.82, 2.24) is 5.32 Å². The van der Waals surface area contributed by atoms with Crippen molar-refractivity contribution < 1.29 is 15.0 Å². The van der Waals surface area contributed by atoms with Crippen molar-refractivity contribution in [1.29, 1.82) is 0 Å².